The van der Waals surface area contributed by atoms with Crippen LogP contribution in [0.3, 0.4) is 0 Å². The maximum Gasteiger partial charge on any atom is 0.224 e. The summed E-state index contributed by atoms with van der Waals surface area (Å²) in [5.74, 6) is 0.459. The van der Waals surface area contributed by atoms with Crippen molar-refractivity contribution in [3.63, 3.8) is 0 Å². The van der Waals surface area contributed by atoms with Gasteiger partial charge in [-0.2, -0.15) is 0 Å². The van der Waals surface area contributed by atoms with E-state index in [1.165, 1.54) is 0 Å². The van der Waals surface area contributed by atoms with Gasteiger partial charge in [0.15, 0.2) is 0 Å². The van der Waals surface area contributed by atoms with Gasteiger partial charge < -0.3 is 14.8 Å². The molecule has 2 aliphatic rings. The summed E-state index contributed by atoms with van der Waals surface area (Å²) in [6.45, 7) is 6.36. The topological polar surface area (TPSA) is 63.7 Å². The number of methoxy groups -OCH3 is 1. The van der Waals surface area contributed by atoms with Crippen LogP contribution in [0.2, 0.25) is 0 Å². The largest absolute Gasteiger partial charge is 0.383 e. The first-order valence-corrected chi connectivity index (χ1v) is 9.07. The second-order valence-corrected chi connectivity index (χ2v) is 7.37. The molecule has 2 saturated heterocycles. The minimum Gasteiger partial charge on any atom is -0.383 e. The Labute approximate surface area is 141 Å². The molecule has 1 aromatic heterocycles. The Morgan fingerprint density at radius 3 is 3.17 bits per heavy atom. The van der Waals surface area contributed by atoms with Crippen molar-refractivity contribution in [2.45, 2.75) is 26.0 Å². The number of likely N-dealkylation sites (tertiary alicyclic amines) is 1. The van der Waals surface area contributed by atoms with Crippen molar-refractivity contribution in [3.8, 4) is 0 Å². The molecule has 2 fully saturated rings. The van der Waals surface area contributed by atoms with Crippen LogP contribution in [0.1, 0.15) is 17.1 Å². The van der Waals surface area contributed by atoms with Crippen LogP contribution in [-0.4, -0.2) is 61.9 Å². The molecule has 1 aromatic rings. The third-order valence-corrected chi connectivity index (χ3v) is 5.49. The molecule has 3 heterocycles. The molecule has 0 bridgehead atoms. The van der Waals surface area contributed by atoms with E-state index >= 15 is 0 Å². The predicted octanol–water partition coefficient (Wildman–Crippen LogP) is 1.05. The Bertz CT molecular complexity index is 536. The smallest absolute Gasteiger partial charge is 0.224 e. The summed E-state index contributed by atoms with van der Waals surface area (Å²) in [7, 11) is 1.64. The van der Waals surface area contributed by atoms with Crippen LogP contribution in [-0.2, 0) is 20.8 Å². The van der Waals surface area contributed by atoms with Crippen LogP contribution in [0.5, 0.6) is 0 Å². The maximum atomic E-state index is 12.6. The molecule has 0 aliphatic carbocycles. The van der Waals surface area contributed by atoms with E-state index in [0.29, 0.717) is 19.1 Å². The fourth-order valence-electron chi connectivity index (χ4n) is 3.58. The maximum absolute atomic E-state index is 12.6. The molecule has 0 spiro atoms. The predicted molar refractivity (Wildman–Crippen MR) is 88.4 cm³/mol. The summed E-state index contributed by atoms with van der Waals surface area (Å²) < 4.78 is 10.9. The molecule has 0 aromatic carbocycles. The first kappa shape index (κ1) is 16.8. The van der Waals surface area contributed by atoms with Crippen LogP contribution in [0.15, 0.2) is 5.38 Å². The third-order valence-electron chi connectivity index (χ3n) is 4.66. The van der Waals surface area contributed by atoms with Gasteiger partial charge in [0.1, 0.15) is 0 Å². The number of thiazole rings is 1. The molecule has 1 N–H and O–H groups in total. The number of aryl methyl sites for hydroxylation is 1. The van der Waals surface area contributed by atoms with Gasteiger partial charge in [-0.05, 0) is 13.3 Å². The number of hydrogen-bond acceptors (Lipinski definition) is 6. The van der Waals surface area contributed by atoms with Crippen LogP contribution in [0, 0.1) is 18.8 Å². The number of carbonyl (C=O) groups excluding carboxylic acids is 1. The molecule has 3 atom stereocenters. The van der Waals surface area contributed by atoms with E-state index in [4.69, 9.17) is 9.47 Å². The summed E-state index contributed by atoms with van der Waals surface area (Å²) in [5, 5.41) is 6.18. The summed E-state index contributed by atoms with van der Waals surface area (Å²) in [6, 6.07) is 0. The molecule has 0 saturated carbocycles. The lowest BCUT2D eigenvalue weighted by Crippen LogP contribution is -2.52. The van der Waals surface area contributed by atoms with Crippen molar-refractivity contribution in [2.75, 3.05) is 40.0 Å². The molecule has 128 valence electrons. The average molecular weight is 339 g/mol. The number of piperidine rings is 1. The fraction of sp³-hybridized carbons (Fsp3) is 0.750. The lowest BCUT2D eigenvalue weighted by molar-refractivity contribution is -0.131. The number of amides is 1. The molecular formula is C16H25N3O3S. The van der Waals surface area contributed by atoms with E-state index < -0.39 is 0 Å². The minimum absolute atomic E-state index is 0.00663. The number of rotatable bonds is 6. The molecule has 6 nitrogen and oxygen atoms in total. The Morgan fingerprint density at radius 1 is 1.57 bits per heavy atom. The standard InChI is InChI=1S/C16H25N3O3S/c1-11-18-12(10-23-11)7-19-8-14(16(20)17-4-6-21-2)13-3-5-22-15(13)9-19/h10,13-15H,3-9H2,1-2H3,(H,17,20)/t13-,14-,15+/m0/s1. The van der Waals surface area contributed by atoms with Crippen LogP contribution < -0.4 is 5.32 Å². The highest BCUT2D eigenvalue weighted by molar-refractivity contribution is 7.09. The Morgan fingerprint density at radius 2 is 2.43 bits per heavy atom. The first-order valence-electron chi connectivity index (χ1n) is 8.19. The van der Waals surface area contributed by atoms with Gasteiger partial charge in [-0.25, -0.2) is 4.98 Å². The van der Waals surface area contributed by atoms with Gasteiger partial charge in [0.05, 0.1) is 29.3 Å². The van der Waals surface area contributed by atoms with Gasteiger partial charge in [-0.3, -0.25) is 9.69 Å². The van der Waals surface area contributed by atoms with Crippen molar-refractivity contribution in [1.82, 2.24) is 15.2 Å². The second-order valence-electron chi connectivity index (χ2n) is 6.30. The van der Waals surface area contributed by atoms with E-state index in [-0.39, 0.29) is 17.9 Å². The normalized spacial score (nSPS) is 27.8. The Hall–Kier alpha value is -1.02. The van der Waals surface area contributed by atoms with Crippen LogP contribution in [0.25, 0.3) is 0 Å². The molecule has 2 aliphatic heterocycles. The highest BCUT2D eigenvalue weighted by Crippen LogP contribution is 2.34. The zero-order valence-corrected chi connectivity index (χ0v) is 14.6. The van der Waals surface area contributed by atoms with Crippen molar-refractivity contribution in [3.05, 3.63) is 16.1 Å². The summed E-state index contributed by atoms with van der Waals surface area (Å²) in [6.07, 6.45) is 1.15. The highest BCUT2D eigenvalue weighted by Gasteiger charge is 2.43. The number of hydrogen-bond donors (Lipinski definition) is 1. The van der Waals surface area contributed by atoms with E-state index in [2.05, 4.69) is 20.6 Å². The number of ether oxygens (including phenoxy) is 2. The summed E-state index contributed by atoms with van der Waals surface area (Å²) in [5.41, 5.74) is 1.09. The molecule has 1 amide bonds. The molecule has 0 radical (unpaired) electrons. The number of nitrogens with zero attached hydrogens (tertiary/aromatic N) is 2. The van der Waals surface area contributed by atoms with Gasteiger partial charge in [0.25, 0.3) is 0 Å². The summed E-state index contributed by atoms with van der Waals surface area (Å²) >= 11 is 1.67. The molecule has 3 rings (SSSR count). The van der Waals surface area contributed by atoms with Gasteiger partial charge in [-0.1, -0.05) is 0 Å². The molecule has 23 heavy (non-hydrogen) atoms. The zero-order chi connectivity index (χ0) is 16.2. The lowest BCUT2D eigenvalue weighted by Gasteiger charge is -2.39. The number of aromatic nitrogens is 1. The SMILES string of the molecule is COCCNC(=O)[C@H]1CN(Cc2csc(C)n2)C[C@H]2OCC[C@@H]12. The lowest BCUT2D eigenvalue weighted by atomic mass is 9.82. The van der Waals surface area contributed by atoms with Gasteiger partial charge in [0, 0.05) is 51.2 Å². The first-order chi connectivity index (χ1) is 11.2. The average Bonchev–Trinajstić information content (AvgIpc) is 3.15. The second kappa shape index (κ2) is 7.70. The van der Waals surface area contributed by atoms with Crippen molar-refractivity contribution < 1.29 is 14.3 Å². The molecule has 7 heteroatoms. The van der Waals surface area contributed by atoms with Gasteiger partial charge in [0.2, 0.25) is 5.91 Å². The molecular weight excluding hydrogens is 314 g/mol. The van der Waals surface area contributed by atoms with Gasteiger partial charge >= 0.3 is 0 Å². The van der Waals surface area contributed by atoms with Crippen LogP contribution >= 0.6 is 11.3 Å². The summed E-state index contributed by atoms with van der Waals surface area (Å²) in [4.78, 5) is 19.4. The quantitative estimate of drug-likeness (QED) is 0.785. The zero-order valence-electron chi connectivity index (χ0n) is 13.8. The number of carbonyl (C=O) groups is 1. The van der Waals surface area contributed by atoms with E-state index in [1.54, 1.807) is 18.4 Å². The van der Waals surface area contributed by atoms with Crippen molar-refractivity contribution in [1.29, 1.82) is 0 Å². The van der Waals surface area contributed by atoms with Crippen LogP contribution in [0.4, 0.5) is 0 Å². The third kappa shape index (κ3) is 4.09. The number of nitrogens with one attached hydrogen (secondary N) is 1. The number of fused-ring (bicyclic) bond motifs is 1. The fourth-order valence-corrected chi connectivity index (χ4v) is 4.18. The monoisotopic (exact) mass is 339 g/mol. The van der Waals surface area contributed by atoms with Gasteiger partial charge in [-0.15, -0.1) is 11.3 Å². The van der Waals surface area contributed by atoms with Crippen molar-refractivity contribution in [2.24, 2.45) is 11.8 Å². The Balaban J connectivity index is 1.63. The Kier molecular flexibility index (Phi) is 5.63. The molecule has 0 unspecified atom stereocenters. The van der Waals surface area contributed by atoms with E-state index in [9.17, 15) is 4.79 Å². The van der Waals surface area contributed by atoms with E-state index in [0.717, 1.165) is 43.4 Å². The highest BCUT2D eigenvalue weighted by atomic mass is 32.1. The minimum atomic E-state index is -0.00663. The van der Waals surface area contributed by atoms with E-state index in [1.807, 2.05) is 6.92 Å². The van der Waals surface area contributed by atoms with Crippen molar-refractivity contribution >= 4 is 17.2 Å².